The van der Waals surface area contributed by atoms with Gasteiger partial charge in [0.25, 0.3) is 0 Å². The summed E-state index contributed by atoms with van der Waals surface area (Å²) in [6.45, 7) is 0.718. The van der Waals surface area contributed by atoms with Crippen LogP contribution in [-0.4, -0.2) is 18.2 Å². The van der Waals surface area contributed by atoms with Gasteiger partial charge in [-0.25, -0.2) is 9.18 Å². The van der Waals surface area contributed by atoms with Gasteiger partial charge in [-0.1, -0.05) is 0 Å². The van der Waals surface area contributed by atoms with Crippen LogP contribution in [0.25, 0.3) is 0 Å². The van der Waals surface area contributed by atoms with Gasteiger partial charge >= 0.3 is 5.97 Å². The first kappa shape index (κ1) is 9.67. The fourth-order valence-electron chi connectivity index (χ4n) is 0.923. The van der Waals surface area contributed by atoms with Crippen molar-refractivity contribution < 1.29 is 19.0 Å². The predicted octanol–water partition coefficient (Wildman–Crippen LogP) is 1.49. The van der Waals surface area contributed by atoms with Crippen LogP contribution >= 0.6 is 0 Å². The van der Waals surface area contributed by atoms with E-state index in [1.807, 2.05) is 0 Å². The Morgan fingerprint density at radius 3 is 2.77 bits per heavy atom. The van der Waals surface area contributed by atoms with E-state index in [2.05, 4.69) is 4.74 Å². The van der Waals surface area contributed by atoms with Gasteiger partial charge in [-0.2, -0.15) is 0 Å². The summed E-state index contributed by atoms with van der Waals surface area (Å²) in [7, 11) is 1.20. The van der Waals surface area contributed by atoms with Gasteiger partial charge in [0.15, 0.2) is 0 Å². The summed E-state index contributed by atoms with van der Waals surface area (Å²) in [5.41, 5.74) is 0.295. The fraction of sp³-hybridized carbons (Fsp3) is 0.111. The summed E-state index contributed by atoms with van der Waals surface area (Å²) in [4.78, 5) is 10.9. The normalized spacial score (nSPS) is 9.77. The summed E-state index contributed by atoms with van der Waals surface area (Å²) in [5, 5.41) is 8.60. The van der Waals surface area contributed by atoms with Crippen molar-refractivity contribution in [3.8, 4) is 0 Å². The maximum Gasteiger partial charge on any atom is 0.337 e. The molecule has 0 aliphatic carbocycles. The van der Waals surface area contributed by atoms with E-state index in [4.69, 9.17) is 5.11 Å². The van der Waals surface area contributed by atoms with Gasteiger partial charge in [-0.05, 0) is 23.8 Å². The minimum atomic E-state index is -0.636. The Bertz CT molecular complexity index is 323. The first-order valence-corrected chi connectivity index (χ1v) is 3.53. The van der Waals surface area contributed by atoms with Crippen LogP contribution < -0.4 is 0 Å². The minimum Gasteiger partial charge on any atom is -0.465 e. The molecule has 0 atom stereocenters. The number of carbonyl (C=O) groups excluding carboxylic acids is 1. The molecule has 3 nitrogen and oxygen atoms in total. The van der Waals surface area contributed by atoms with Crippen molar-refractivity contribution in [2.75, 3.05) is 7.11 Å². The lowest BCUT2D eigenvalue weighted by Gasteiger charge is -2.01. The monoisotopic (exact) mass is 183 g/mol. The van der Waals surface area contributed by atoms with E-state index in [0.717, 1.165) is 18.7 Å². The summed E-state index contributed by atoms with van der Waals surface area (Å²) < 4.78 is 17.2. The Balaban J connectivity index is 3.08. The molecule has 0 spiro atoms. The topological polar surface area (TPSA) is 46.5 Å². The van der Waals surface area contributed by atoms with Gasteiger partial charge in [0.1, 0.15) is 12.4 Å². The molecule has 0 heterocycles. The number of hydrogen-bond acceptors (Lipinski definition) is 3. The number of esters is 1. The van der Waals surface area contributed by atoms with Crippen molar-refractivity contribution in [1.29, 1.82) is 0 Å². The highest BCUT2D eigenvalue weighted by molar-refractivity contribution is 5.89. The first-order valence-electron chi connectivity index (χ1n) is 3.53. The van der Waals surface area contributed by atoms with Crippen molar-refractivity contribution in [2.24, 2.45) is 0 Å². The molecule has 13 heavy (non-hydrogen) atoms. The zero-order valence-corrected chi connectivity index (χ0v) is 6.95. The second-order valence-corrected chi connectivity index (χ2v) is 2.39. The number of methoxy groups -OCH3 is 1. The molecule has 69 valence electrons. The molecule has 0 unspecified atom stereocenters. The smallest absolute Gasteiger partial charge is 0.337 e. The quantitative estimate of drug-likeness (QED) is 0.706. The predicted molar refractivity (Wildman–Crippen MR) is 43.1 cm³/mol. The molecule has 0 bridgehead atoms. The van der Waals surface area contributed by atoms with Crippen LogP contribution in [-0.2, 0) is 4.74 Å². The largest absolute Gasteiger partial charge is 0.465 e. The summed E-state index contributed by atoms with van der Waals surface area (Å²) in [6.07, 6.45) is 0. The molecule has 4 heteroatoms. The molecule has 1 N–H and O–H groups in total. The Labute approximate surface area is 74.8 Å². The van der Waals surface area contributed by atoms with Crippen molar-refractivity contribution in [1.82, 2.24) is 0 Å². The zero-order chi connectivity index (χ0) is 9.84. The second kappa shape index (κ2) is 4.00. The number of hydrogen-bond donors (Lipinski definition) is 1. The van der Waals surface area contributed by atoms with E-state index in [0.29, 0.717) is 0 Å². The molecular weight excluding hydrogens is 175 g/mol. The second-order valence-electron chi connectivity index (χ2n) is 2.39. The van der Waals surface area contributed by atoms with Crippen molar-refractivity contribution in [2.45, 2.75) is 0 Å². The zero-order valence-electron chi connectivity index (χ0n) is 6.95. The van der Waals surface area contributed by atoms with E-state index >= 15 is 0 Å². The molecule has 0 saturated carbocycles. The van der Waals surface area contributed by atoms with E-state index in [9.17, 15) is 9.18 Å². The van der Waals surface area contributed by atoms with Gasteiger partial charge in [-0.3, -0.25) is 0 Å². The van der Waals surface area contributed by atoms with Crippen LogP contribution in [0, 0.1) is 12.4 Å². The molecule has 0 saturated heterocycles. The molecular formula is C9H8FO3. The Morgan fingerprint density at radius 2 is 2.23 bits per heavy atom. The fourth-order valence-corrected chi connectivity index (χ4v) is 0.923. The third-order valence-corrected chi connectivity index (χ3v) is 1.49. The number of aliphatic hydroxyl groups is 1. The lowest BCUT2D eigenvalue weighted by atomic mass is 10.1. The van der Waals surface area contributed by atoms with Crippen molar-refractivity contribution >= 4 is 5.97 Å². The van der Waals surface area contributed by atoms with E-state index < -0.39 is 11.8 Å². The summed E-state index contributed by atoms with van der Waals surface area (Å²) in [6, 6.07) is 3.47. The number of carbonyl (C=O) groups is 1. The summed E-state index contributed by atoms with van der Waals surface area (Å²) in [5.74, 6) is -1.23. The summed E-state index contributed by atoms with van der Waals surface area (Å²) >= 11 is 0. The average Bonchev–Trinajstić information content (AvgIpc) is 2.15. The number of benzene rings is 1. The van der Waals surface area contributed by atoms with Crippen LogP contribution in [0.2, 0.25) is 0 Å². The standard InChI is InChI=1S/C9H8FO3/c1-13-9(12)7-2-6(5-11)3-8(10)4-7/h2-5,11H,1H3. The molecule has 0 fully saturated rings. The number of halogens is 1. The van der Waals surface area contributed by atoms with Crippen molar-refractivity contribution in [3.63, 3.8) is 0 Å². The Hall–Kier alpha value is -1.42. The highest BCUT2D eigenvalue weighted by atomic mass is 19.1. The molecule has 0 aliphatic heterocycles. The molecule has 0 aliphatic rings. The van der Waals surface area contributed by atoms with E-state index in [1.165, 1.54) is 13.2 Å². The van der Waals surface area contributed by atoms with Crippen LogP contribution in [0.3, 0.4) is 0 Å². The van der Waals surface area contributed by atoms with Crippen LogP contribution in [0.5, 0.6) is 0 Å². The molecule has 0 amide bonds. The van der Waals surface area contributed by atoms with Gasteiger partial charge in [0.2, 0.25) is 0 Å². The van der Waals surface area contributed by atoms with Gasteiger partial charge in [0, 0.05) is 0 Å². The SMILES string of the molecule is COC(=O)c1cc(F)cc([CH]O)c1. The molecule has 1 aromatic carbocycles. The first-order chi connectivity index (χ1) is 6.17. The molecule has 0 aromatic heterocycles. The van der Waals surface area contributed by atoms with Crippen LogP contribution in [0.4, 0.5) is 4.39 Å². The maximum atomic E-state index is 12.8. The number of aliphatic hydroxyl groups excluding tert-OH is 1. The third kappa shape index (κ3) is 2.26. The average molecular weight is 183 g/mol. The third-order valence-electron chi connectivity index (χ3n) is 1.49. The molecule has 1 radical (unpaired) electrons. The van der Waals surface area contributed by atoms with E-state index in [1.54, 1.807) is 0 Å². The van der Waals surface area contributed by atoms with Gasteiger partial charge < -0.3 is 9.84 Å². The lowest BCUT2D eigenvalue weighted by molar-refractivity contribution is 0.0600. The number of rotatable bonds is 2. The van der Waals surface area contributed by atoms with Gasteiger partial charge in [-0.15, -0.1) is 0 Å². The highest BCUT2D eigenvalue weighted by Gasteiger charge is 2.08. The minimum absolute atomic E-state index is 0.0720. The lowest BCUT2D eigenvalue weighted by Crippen LogP contribution is -2.02. The maximum absolute atomic E-state index is 12.8. The number of ether oxygens (including phenoxy) is 1. The highest BCUT2D eigenvalue weighted by Crippen LogP contribution is 2.10. The Morgan fingerprint density at radius 1 is 1.54 bits per heavy atom. The van der Waals surface area contributed by atoms with Gasteiger partial charge in [0.05, 0.1) is 12.7 Å². The van der Waals surface area contributed by atoms with Crippen LogP contribution in [0.15, 0.2) is 18.2 Å². The molecule has 1 rings (SSSR count). The Kier molecular flexibility index (Phi) is 2.97. The van der Waals surface area contributed by atoms with E-state index in [-0.39, 0.29) is 11.1 Å². The van der Waals surface area contributed by atoms with Crippen molar-refractivity contribution in [3.05, 3.63) is 41.8 Å². The van der Waals surface area contributed by atoms with Crippen LogP contribution in [0.1, 0.15) is 15.9 Å². The molecule has 1 aromatic rings.